The monoisotopic (exact) mass is 326 g/mol. The molecule has 0 fully saturated rings. The van der Waals surface area contributed by atoms with Crippen LogP contribution in [0.5, 0.6) is 0 Å². The predicted molar refractivity (Wildman–Crippen MR) is 76.5 cm³/mol. The summed E-state index contributed by atoms with van der Waals surface area (Å²) in [5, 5.41) is 3.27. The summed E-state index contributed by atoms with van der Waals surface area (Å²) in [6, 6.07) is 4.88. The molecule has 5 heteroatoms. The van der Waals surface area contributed by atoms with Crippen LogP contribution in [0.2, 0.25) is 0 Å². The Bertz CT molecular complexity index is 542. The van der Waals surface area contributed by atoms with E-state index in [0.29, 0.717) is 28.1 Å². The van der Waals surface area contributed by atoms with Crippen molar-refractivity contribution in [2.24, 2.45) is 0 Å². The maximum absolute atomic E-state index is 13.8. The Morgan fingerprint density at radius 2 is 2.21 bits per heavy atom. The van der Waals surface area contributed by atoms with Crippen molar-refractivity contribution in [3.05, 3.63) is 40.6 Å². The lowest BCUT2D eigenvalue weighted by atomic mass is 10.2. The first-order chi connectivity index (χ1) is 9.20. The zero-order valence-corrected chi connectivity index (χ0v) is 12.3. The number of oxazole rings is 1. The Labute approximate surface area is 120 Å². The zero-order valence-electron chi connectivity index (χ0n) is 10.7. The van der Waals surface area contributed by atoms with Crippen molar-refractivity contribution in [1.29, 1.82) is 0 Å². The number of halogens is 2. The van der Waals surface area contributed by atoms with Gasteiger partial charge in [-0.25, -0.2) is 9.37 Å². The summed E-state index contributed by atoms with van der Waals surface area (Å²) in [7, 11) is 0. The number of hydrogen-bond acceptors (Lipinski definition) is 3. The molecule has 0 aliphatic carbocycles. The summed E-state index contributed by atoms with van der Waals surface area (Å²) in [6.45, 7) is 3.91. The second-order valence-electron chi connectivity index (χ2n) is 4.24. The van der Waals surface area contributed by atoms with Gasteiger partial charge in [-0.2, -0.15) is 0 Å². The van der Waals surface area contributed by atoms with Crippen LogP contribution in [0, 0.1) is 5.82 Å². The van der Waals surface area contributed by atoms with E-state index >= 15 is 0 Å². The van der Waals surface area contributed by atoms with Crippen LogP contribution in [0.1, 0.15) is 19.2 Å². The van der Waals surface area contributed by atoms with Crippen molar-refractivity contribution in [1.82, 2.24) is 10.3 Å². The third kappa shape index (κ3) is 3.88. The van der Waals surface area contributed by atoms with E-state index in [-0.39, 0.29) is 5.82 Å². The van der Waals surface area contributed by atoms with Crippen molar-refractivity contribution in [3.8, 4) is 11.3 Å². The van der Waals surface area contributed by atoms with E-state index in [0.717, 1.165) is 19.5 Å². The van der Waals surface area contributed by atoms with Crippen LogP contribution >= 0.6 is 15.9 Å². The smallest absolute Gasteiger partial charge is 0.196 e. The van der Waals surface area contributed by atoms with Crippen molar-refractivity contribution < 1.29 is 8.81 Å². The van der Waals surface area contributed by atoms with Gasteiger partial charge in [0.2, 0.25) is 0 Å². The van der Waals surface area contributed by atoms with Gasteiger partial charge < -0.3 is 9.73 Å². The molecule has 0 amide bonds. The van der Waals surface area contributed by atoms with Gasteiger partial charge in [0.25, 0.3) is 0 Å². The Kier molecular flexibility index (Phi) is 5.10. The minimum Gasteiger partial charge on any atom is -0.441 e. The average molecular weight is 327 g/mol. The van der Waals surface area contributed by atoms with Crippen molar-refractivity contribution in [2.45, 2.75) is 19.8 Å². The molecule has 0 unspecified atom stereocenters. The number of aromatic nitrogens is 1. The maximum atomic E-state index is 13.8. The minimum atomic E-state index is -0.318. The molecule has 0 bridgehead atoms. The third-order valence-electron chi connectivity index (χ3n) is 2.69. The number of nitrogens with one attached hydrogen (secondary N) is 1. The SMILES string of the molecule is CCCNCCc1ncc(-c2ccc(Br)cc2F)o1. The second-order valence-corrected chi connectivity index (χ2v) is 5.16. The van der Waals surface area contributed by atoms with Crippen LogP contribution in [-0.4, -0.2) is 18.1 Å². The Morgan fingerprint density at radius 1 is 1.37 bits per heavy atom. The summed E-state index contributed by atoms with van der Waals surface area (Å²) in [5.41, 5.74) is 0.434. The fourth-order valence-corrected chi connectivity index (χ4v) is 2.07. The van der Waals surface area contributed by atoms with E-state index in [1.165, 1.54) is 6.07 Å². The van der Waals surface area contributed by atoms with Crippen molar-refractivity contribution in [3.63, 3.8) is 0 Å². The molecule has 0 aliphatic rings. The van der Waals surface area contributed by atoms with Gasteiger partial charge in [-0.3, -0.25) is 0 Å². The summed E-state index contributed by atoms with van der Waals surface area (Å²) < 4.78 is 20.0. The first kappa shape index (κ1) is 14.2. The highest BCUT2D eigenvalue weighted by atomic mass is 79.9. The molecule has 1 aromatic carbocycles. The highest BCUT2D eigenvalue weighted by Crippen LogP contribution is 2.26. The molecule has 1 heterocycles. The molecule has 2 rings (SSSR count). The Hall–Kier alpha value is -1.20. The van der Waals surface area contributed by atoms with Crippen molar-refractivity contribution >= 4 is 15.9 Å². The van der Waals surface area contributed by atoms with E-state index < -0.39 is 0 Å². The summed E-state index contributed by atoms with van der Waals surface area (Å²) in [6.07, 6.45) is 3.38. The van der Waals surface area contributed by atoms with Crippen LogP contribution in [0.4, 0.5) is 4.39 Å². The number of benzene rings is 1. The molecule has 1 N–H and O–H groups in total. The fourth-order valence-electron chi connectivity index (χ4n) is 1.74. The molecule has 19 heavy (non-hydrogen) atoms. The zero-order chi connectivity index (χ0) is 13.7. The highest BCUT2D eigenvalue weighted by molar-refractivity contribution is 9.10. The van der Waals surface area contributed by atoms with Crippen LogP contribution in [0.15, 0.2) is 33.3 Å². The Balaban J connectivity index is 2.04. The van der Waals surface area contributed by atoms with E-state index in [4.69, 9.17) is 4.42 Å². The molecule has 1 aromatic heterocycles. The van der Waals surface area contributed by atoms with Gasteiger partial charge in [0.1, 0.15) is 5.82 Å². The first-order valence-electron chi connectivity index (χ1n) is 6.31. The van der Waals surface area contributed by atoms with E-state index in [2.05, 4.69) is 33.2 Å². The quantitative estimate of drug-likeness (QED) is 0.821. The van der Waals surface area contributed by atoms with E-state index in [1.807, 2.05) is 0 Å². The molecule has 2 aromatic rings. The maximum Gasteiger partial charge on any atom is 0.196 e. The molecule has 0 saturated carbocycles. The normalized spacial score (nSPS) is 10.9. The highest BCUT2D eigenvalue weighted by Gasteiger charge is 2.11. The molecule has 0 spiro atoms. The third-order valence-corrected chi connectivity index (χ3v) is 3.19. The standard InChI is InChI=1S/C14H16BrFN2O/c1-2-6-17-7-5-14-18-9-13(19-14)11-4-3-10(15)8-12(11)16/h3-4,8-9,17H,2,5-7H2,1H3. The number of rotatable bonds is 6. The minimum absolute atomic E-state index is 0.318. The molecule has 0 radical (unpaired) electrons. The lowest BCUT2D eigenvalue weighted by Gasteiger charge is -2.00. The lowest BCUT2D eigenvalue weighted by molar-refractivity contribution is 0.491. The first-order valence-corrected chi connectivity index (χ1v) is 7.11. The lowest BCUT2D eigenvalue weighted by Crippen LogP contribution is -2.17. The summed E-state index contributed by atoms with van der Waals surface area (Å²) in [5.74, 6) is 0.776. The topological polar surface area (TPSA) is 38.1 Å². The van der Waals surface area contributed by atoms with Crippen LogP contribution < -0.4 is 5.32 Å². The van der Waals surface area contributed by atoms with Crippen molar-refractivity contribution in [2.75, 3.05) is 13.1 Å². The van der Waals surface area contributed by atoms with E-state index in [1.54, 1.807) is 18.3 Å². The molecule has 0 saturated heterocycles. The molecule has 0 atom stereocenters. The van der Waals surface area contributed by atoms with Gasteiger partial charge in [-0.15, -0.1) is 0 Å². The Morgan fingerprint density at radius 3 is 2.95 bits per heavy atom. The summed E-state index contributed by atoms with van der Waals surface area (Å²) in [4.78, 5) is 4.17. The molecule has 3 nitrogen and oxygen atoms in total. The predicted octanol–water partition coefficient (Wildman–Crippen LogP) is 3.79. The van der Waals surface area contributed by atoms with Gasteiger partial charge in [-0.05, 0) is 31.2 Å². The van der Waals surface area contributed by atoms with E-state index in [9.17, 15) is 4.39 Å². The molecule has 102 valence electrons. The summed E-state index contributed by atoms with van der Waals surface area (Å²) >= 11 is 3.23. The largest absolute Gasteiger partial charge is 0.441 e. The van der Waals surface area contributed by atoms with Gasteiger partial charge >= 0.3 is 0 Å². The van der Waals surface area contributed by atoms with Gasteiger partial charge in [0, 0.05) is 17.4 Å². The fraction of sp³-hybridized carbons (Fsp3) is 0.357. The van der Waals surface area contributed by atoms with Gasteiger partial charge in [-0.1, -0.05) is 22.9 Å². The van der Waals surface area contributed by atoms with Crippen LogP contribution in [0.3, 0.4) is 0 Å². The molecular weight excluding hydrogens is 311 g/mol. The van der Waals surface area contributed by atoms with Gasteiger partial charge in [0.15, 0.2) is 11.7 Å². The second kappa shape index (κ2) is 6.82. The number of hydrogen-bond donors (Lipinski definition) is 1. The molecular formula is C14H16BrFN2O. The van der Waals surface area contributed by atoms with Crippen LogP contribution in [-0.2, 0) is 6.42 Å². The number of nitrogens with zero attached hydrogens (tertiary/aromatic N) is 1. The van der Waals surface area contributed by atoms with Crippen LogP contribution in [0.25, 0.3) is 11.3 Å². The van der Waals surface area contributed by atoms with Gasteiger partial charge in [0.05, 0.1) is 11.8 Å². The molecule has 0 aliphatic heterocycles. The average Bonchev–Trinajstić information content (AvgIpc) is 2.83.